The Balaban J connectivity index is 1.81. The second-order valence-corrected chi connectivity index (χ2v) is 7.25. The number of hydrogen-bond acceptors (Lipinski definition) is 3. The van der Waals surface area contributed by atoms with E-state index in [-0.39, 0.29) is 0 Å². The normalized spacial score (nSPS) is 18.7. The number of aryl methyl sites for hydroxylation is 1. The predicted octanol–water partition coefficient (Wildman–Crippen LogP) is 3.71. The summed E-state index contributed by atoms with van der Waals surface area (Å²) in [6.45, 7) is 3.48. The summed E-state index contributed by atoms with van der Waals surface area (Å²) in [6, 6.07) is 12.1. The molecular formula is C22H24FN3O3. The average Bonchev–Trinajstić information content (AvgIpc) is 2.92. The summed E-state index contributed by atoms with van der Waals surface area (Å²) < 4.78 is 13.4. The third kappa shape index (κ3) is 4.29. The lowest BCUT2D eigenvalue weighted by Crippen LogP contribution is -2.44. The predicted molar refractivity (Wildman–Crippen MR) is 108 cm³/mol. The Morgan fingerprint density at radius 3 is 2.55 bits per heavy atom. The number of amides is 4. The number of hydrogen-bond donors (Lipinski definition) is 2. The zero-order chi connectivity index (χ0) is 21.0. The highest BCUT2D eigenvalue weighted by Crippen LogP contribution is 2.34. The van der Waals surface area contributed by atoms with E-state index < -0.39 is 35.7 Å². The topological polar surface area (TPSA) is 78.5 Å². The van der Waals surface area contributed by atoms with Crippen LogP contribution in [0.5, 0.6) is 0 Å². The molecule has 2 N–H and O–H groups in total. The monoisotopic (exact) mass is 397 g/mol. The number of imide groups is 1. The first kappa shape index (κ1) is 20.5. The van der Waals surface area contributed by atoms with Gasteiger partial charge >= 0.3 is 6.03 Å². The largest absolute Gasteiger partial charge is 0.325 e. The van der Waals surface area contributed by atoms with Crippen LogP contribution in [0, 0.1) is 12.7 Å². The summed E-state index contributed by atoms with van der Waals surface area (Å²) in [5.74, 6) is -1.39. The van der Waals surface area contributed by atoms with Crippen molar-refractivity contribution in [2.75, 3.05) is 11.9 Å². The van der Waals surface area contributed by atoms with Gasteiger partial charge in [-0.2, -0.15) is 0 Å². The lowest BCUT2D eigenvalue weighted by Gasteiger charge is -2.27. The summed E-state index contributed by atoms with van der Waals surface area (Å²) in [5.41, 5.74) is 0.794. The molecule has 1 heterocycles. The number of anilines is 1. The third-order valence-electron chi connectivity index (χ3n) is 5.02. The molecule has 0 spiro atoms. The van der Waals surface area contributed by atoms with Crippen LogP contribution in [0.1, 0.15) is 37.3 Å². The highest BCUT2D eigenvalue weighted by molar-refractivity contribution is 6.10. The molecule has 29 heavy (non-hydrogen) atoms. The van der Waals surface area contributed by atoms with Crippen LogP contribution in [0.2, 0.25) is 0 Å². The molecule has 6 nitrogen and oxygen atoms in total. The highest BCUT2D eigenvalue weighted by Gasteiger charge is 2.52. The van der Waals surface area contributed by atoms with Crippen molar-refractivity contribution in [2.24, 2.45) is 0 Å². The van der Waals surface area contributed by atoms with Gasteiger partial charge in [0, 0.05) is 5.69 Å². The van der Waals surface area contributed by atoms with Crippen LogP contribution in [0.3, 0.4) is 0 Å². The van der Waals surface area contributed by atoms with Crippen LogP contribution in [-0.4, -0.2) is 29.3 Å². The average molecular weight is 397 g/mol. The zero-order valence-corrected chi connectivity index (χ0v) is 16.5. The highest BCUT2D eigenvalue weighted by atomic mass is 19.1. The Morgan fingerprint density at radius 2 is 1.90 bits per heavy atom. The molecule has 7 heteroatoms. The van der Waals surface area contributed by atoms with E-state index in [1.165, 1.54) is 24.3 Å². The molecule has 1 aliphatic heterocycles. The molecule has 0 aromatic heterocycles. The fourth-order valence-corrected chi connectivity index (χ4v) is 3.52. The van der Waals surface area contributed by atoms with Gasteiger partial charge in [0.25, 0.3) is 5.91 Å². The Kier molecular flexibility index (Phi) is 5.96. The van der Waals surface area contributed by atoms with E-state index in [2.05, 4.69) is 10.6 Å². The maximum atomic E-state index is 13.4. The summed E-state index contributed by atoms with van der Waals surface area (Å²) in [5, 5.41) is 5.46. The van der Waals surface area contributed by atoms with E-state index >= 15 is 0 Å². The van der Waals surface area contributed by atoms with Gasteiger partial charge < -0.3 is 10.6 Å². The van der Waals surface area contributed by atoms with E-state index in [0.29, 0.717) is 24.1 Å². The molecule has 0 aliphatic carbocycles. The first-order valence-corrected chi connectivity index (χ1v) is 9.62. The molecule has 3 rings (SSSR count). The van der Waals surface area contributed by atoms with Crippen molar-refractivity contribution in [1.82, 2.24) is 10.2 Å². The van der Waals surface area contributed by atoms with Gasteiger partial charge in [0.2, 0.25) is 5.91 Å². The standard InChI is InChI=1S/C22H24FN3O3/c1-3-4-12-22(16-8-10-17(23)11-9-16)20(28)26(21(29)25-22)14-19(27)24-18-7-5-6-15(2)13-18/h5-11,13H,3-4,12,14H2,1-2H3,(H,24,27)(H,25,29)/t22-/m1/s1. The number of nitrogens with one attached hydrogen (secondary N) is 2. The molecule has 0 radical (unpaired) electrons. The quantitative estimate of drug-likeness (QED) is 0.699. The lowest BCUT2D eigenvalue weighted by atomic mass is 9.85. The molecule has 0 saturated carbocycles. The summed E-state index contributed by atoms with van der Waals surface area (Å²) in [4.78, 5) is 39.2. The first-order valence-electron chi connectivity index (χ1n) is 9.62. The van der Waals surface area contributed by atoms with Crippen molar-refractivity contribution in [2.45, 2.75) is 38.6 Å². The Labute approximate surface area is 169 Å². The number of carbonyl (C=O) groups is 3. The van der Waals surface area contributed by atoms with Gasteiger partial charge in [-0.15, -0.1) is 0 Å². The second kappa shape index (κ2) is 8.43. The van der Waals surface area contributed by atoms with Crippen molar-refractivity contribution in [1.29, 1.82) is 0 Å². The van der Waals surface area contributed by atoms with Crippen LogP contribution in [0.4, 0.5) is 14.9 Å². The van der Waals surface area contributed by atoms with Crippen molar-refractivity contribution >= 4 is 23.5 Å². The molecule has 4 amide bonds. The first-order chi connectivity index (χ1) is 13.9. The minimum Gasteiger partial charge on any atom is -0.325 e. The van der Waals surface area contributed by atoms with Gasteiger partial charge in [-0.3, -0.25) is 14.5 Å². The van der Waals surface area contributed by atoms with Crippen molar-refractivity contribution in [3.05, 3.63) is 65.5 Å². The van der Waals surface area contributed by atoms with Crippen LogP contribution in [0.25, 0.3) is 0 Å². The number of benzene rings is 2. The van der Waals surface area contributed by atoms with Gasteiger partial charge in [-0.05, 0) is 48.7 Å². The van der Waals surface area contributed by atoms with E-state index in [9.17, 15) is 18.8 Å². The Hall–Kier alpha value is -3.22. The second-order valence-electron chi connectivity index (χ2n) is 7.25. The van der Waals surface area contributed by atoms with E-state index in [0.717, 1.165) is 16.9 Å². The summed E-state index contributed by atoms with van der Waals surface area (Å²) in [7, 11) is 0. The Morgan fingerprint density at radius 1 is 1.17 bits per heavy atom. The minimum absolute atomic E-state index is 0.371. The van der Waals surface area contributed by atoms with Gasteiger partial charge in [-0.1, -0.05) is 44.0 Å². The molecule has 1 fully saturated rings. The van der Waals surface area contributed by atoms with Crippen LogP contribution in [-0.2, 0) is 15.1 Å². The van der Waals surface area contributed by atoms with Crippen molar-refractivity contribution in [3.8, 4) is 0 Å². The van der Waals surface area contributed by atoms with Crippen LogP contribution < -0.4 is 10.6 Å². The molecule has 2 aromatic carbocycles. The molecule has 1 aliphatic rings. The fraction of sp³-hybridized carbons (Fsp3) is 0.318. The van der Waals surface area contributed by atoms with Crippen molar-refractivity contribution < 1.29 is 18.8 Å². The van der Waals surface area contributed by atoms with Crippen molar-refractivity contribution in [3.63, 3.8) is 0 Å². The number of urea groups is 1. The molecule has 1 saturated heterocycles. The van der Waals surface area contributed by atoms with Crippen LogP contribution >= 0.6 is 0 Å². The summed E-state index contributed by atoms with van der Waals surface area (Å²) >= 11 is 0. The fourth-order valence-electron chi connectivity index (χ4n) is 3.52. The zero-order valence-electron chi connectivity index (χ0n) is 16.5. The molecular weight excluding hydrogens is 373 g/mol. The minimum atomic E-state index is -1.29. The molecule has 2 aromatic rings. The van der Waals surface area contributed by atoms with E-state index in [1.807, 2.05) is 26.0 Å². The lowest BCUT2D eigenvalue weighted by molar-refractivity contribution is -0.134. The number of carbonyl (C=O) groups excluding carboxylic acids is 3. The maximum Gasteiger partial charge on any atom is 0.325 e. The van der Waals surface area contributed by atoms with E-state index in [1.54, 1.807) is 12.1 Å². The molecule has 0 bridgehead atoms. The molecule has 152 valence electrons. The van der Waals surface area contributed by atoms with Gasteiger partial charge in [0.05, 0.1) is 0 Å². The van der Waals surface area contributed by atoms with E-state index in [4.69, 9.17) is 0 Å². The SMILES string of the molecule is CCCC[C@]1(c2ccc(F)cc2)NC(=O)N(CC(=O)Nc2cccc(C)c2)C1=O. The van der Waals surface area contributed by atoms with Gasteiger partial charge in [0.15, 0.2) is 0 Å². The molecule has 1 atom stereocenters. The van der Waals surface area contributed by atoms with Crippen LogP contribution in [0.15, 0.2) is 48.5 Å². The van der Waals surface area contributed by atoms with Gasteiger partial charge in [-0.25, -0.2) is 9.18 Å². The third-order valence-corrected chi connectivity index (χ3v) is 5.02. The number of halogens is 1. The maximum absolute atomic E-state index is 13.4. The van der Waals surface area contributed by atoms with Gasteiger partial charge in [0.1, 0.15) is 17.9 Å². The number of nitrogens with zero attached hydrogens (tertiary/aromatic N) is 1. The number of unbranched alkanes of at least 4 members (excludes halogenated alkanes) is 1. The Bertz CT molecular complexity index is 929. The smallest absolute Gasteiger partial charge is 0.325 e. The summed E-state index contributed by atoms with van der Waals surface area (Å²) in [6.07, 6.45) is 1.88. The number of rotatable bonds is 7. The molecule has 0 unspecified atom stereocenters.